The van der Waals surface area contributed by atoms with Crippen molar-refractivity contribution in [2.75, 3.05) is 7.05 Å². The summed E-state index contributed by atoms with van der Waals surface area (Å²) in [5.74, 6) is 0. The molecule has 7 heteroatoms. The molecule has 0 amide bonds. The predicted octanol–water partition coefficient (Wildman–Crippen LogP) is 4.47. The second-order valence-corrected chi connectivity index (χ2v) is 4.99. The molecule has 0 saturated carbocycles. The zero-order chi connectivity index (χ0) is 17.3. The van der Waals surface area contributed by atoms with Crippen LogP contribution >= 0.6 is 11.8 Å². The van der Waals surface area contributed by atoms with Crippen molar-refractivity contribution in [3.8, 4) is 0 Å². The highest BCUT2D eigenvalue weighted by atomic mass is 32.2. The van der Waals surface area contributed by atoms with Crippen LogP contribution in [0.2, 0.25) is 0 Å². The van der Waals surface area contributed by atoms with Crippen LogP contribution in [0.1, 0.15) is 11.1 Å². The summed E-state index contributed by atoms with van der Waals surface area (Å²) in [7, 11) is 1.50. The predicted molar refractivity (Wildman–Crippen MR) is 89.2 cm³/mol. The molecule has 0 bridgehead atoms. The Morgan fingerprint density at radius 1 is 1.26 bits per heavy atom. The summed E-state index contributed by atoms with van der Waals surface area (Å²) in [4.78, 5) is 8.32. The van der Waals surface area contributed by atoms with Crippen molar-refractivity contribution in [2.45, 2.75) is 11.1 Å². The van der Waals surface area contributed by atoms with Gasteiger partial charge in [-0.05, 0) is 44.1 Å². The summed E-state index contributed by atoms with van der Waals surface area (Å²) >= 11 is 1.15. The van der Waals surface area contributed by atoms with Crippen LogP contribution < -0.4 is 5.73 Å². The van der Waals surface area contributed by atoms with Crippen LogP contribution in [0.25, 0.3) is 5.70 Å². The second-order valence-electron chi connectivity index (χ2n) is 4.05. The molecule has 0 aliphatic carbocycles. The van der Waals surface area contributed by atoms with E-state index in [1.165, 1.54) is 13.1 Å². The molecule has 0 radical (unpaired) electrons. The van der Waals surface area contributed by atoms with Gasteiger partial charge in [0, 0.05) is 28.3 Å². The number of aliphatic imine (C=N–C) groups is 1. The maximum absolute atomic E-state index is 12.6. The van der Waals surface area contributed by atoms with E-state index in [-0.39, 0.29) is 0 Å². The Labute approximate surface area is 137 Å². The van der Waals surface area contributed by atoms with Gasteiger partial charge in [-0.1, -0.05) is 17.8 Å². The van der Waals surface area contributed by atoms with E-state index in [9.17, 15) is 13.2 Å². The van der Waals surface area contributed by atoms with Gasteiger partial charge in [-0.3, -0.25) is 9.98 Å². The number of alkyl halides is 3. The van der Waals surface area contributed by atoms with Gasteiger partial charge in [0.15, 0.2) is 0 Å². The van der Waals surface area contributed by atoms with E-state index in [1.54, 1.807) is 36.0 Å². The molecule has 0 unspecified atom stereocenters. The zero-order valence-corrected chi connectivity index (χ0v) is 13.2. The number of nitrogens with two attached hydrogens (primary N) is 1. The fourth-order valence-electron chi connectivity index (χ4n) is 1.58. The smallest absolute Gasteiger partial charge is 0.333 e. The van der Waals surface area contributed by atoms with Crippen molar-refractivity contribution in [3.05, 3.63) is 65.3 Å². The molecule has 0 fully saturated rings. The quantitative estimate of drug-likeness (QED) is 0.661. The first kappa shape index (κ1) is 18.9. The third-order valence-corrected chi connectivity index (χ3v) is 3.46. The lowest BCUT2D eigenvalue weighted by atomic mass is 10.2. The van der Waals surface area contributed by atoms with Crippen LogP contribution in [-0.4, -0.2) is 18.7 Å². The topological polar surface area (TPSA) is 51.3 Å². The van der Waals surface area contributed by atoms with E-state index >= 15 is 0 Å². The molecular weight excluding hydrogens is 323 g/mol. The summed E-state index contributed by atoms with van der Waals surface area (Å²) in [5.41, 5.74) is 5.15. The first-order valence-electron chi connectivity index (χ1n) is 6.49. The largest absolute Gasteiger partial charge is 0.416 e. The van der Waals surface area contributed by atoms with Gasteiger partial charge < -0.3 is 5.73 Å². The minimum Gasteiger partial charge on any atom is -0.333 e. The molecule has 122 valence electrons. The first-order chi connectivity index (χ1) is 11.0. The van der Waals surface area contributed by atoms with Crippen LogP contribution in [0.15, 0.2) is 64.1 Å². The maximum atomic E-state index is 12.6. The molecule has 0 aliphatic heterocycles. The van der Waals surface area contributed by atoms with Crippen LogP contribution in [0, 0.1) is 0 Å². The van der Waals surface area contributed by atoms with Crippen LogP contribution in [0.4, 0.5) is 13.2 Å². The van der Waals surface area contributed by atoms with E-state index in [2.05, 4.69) is 22.4 Å². The van der Waals surface area contributed by atoms with Crippen molar-refractivity contribution in [1.29, 1.82) is 0 Å². The van der Waals surface area contributed by atoms with E-state index in [0.717, 1.165) is 29.5 Å². The third-order valence-electron chi connectivity index (χ3n) is 2.60. The number of thioether (sulfide) groups is 1. The molecule has 0 spiro atoms. The van der Waals surface area contributed by atoms with Crippen molar-refractivity contribution in [3.63, 3.8) is 0 Å². The Morgan fingerprint density at radius 2 is 2.00 bits per heavy atom. The molecule has 1 aromatic carbocycles. The van der Waals surface area contributed by atoms with Gasteiger partial charge in [-0.15, -0.1) is 0 Å². The van der Waals surface area contributed by atoms with Crippen LogP contribution in [0.3, 0.4) is 0 Å². The number of halogens is 3. The molecule has 2 rings (SSSR count). The van der Waals surface area contributed by atoms with Crippen LogP contribution in [-0.2, 0) is 6.18 Å². The monoisotopic (exact) mass is 339 g/mol. The fraction of sp³-hybridized carbons (Fsp3) is 0.125. The van der Waals surface area contributed by atoms with Gasteiger partial charge >= 0.3 is 6.18 Å². The summed E-state index contributed by atoms with van der Waals surface area (Å²) in [5, 5.41) is 1.65. The second kappa shape index (κ2) is 9.12. The lowest BCUT2D eigenvalue weighted by molar-refractivity contribution is -0.137. The third kappa shape index (κ3) is 5.88. The number of aromatic nitrogens is 1. The molecule has 2 aromatic rings. The average Bonchev–Trinajstić information content (AvgIpc) is 2.58. The molecule has 1 heterocycles. The number of nitrogens with zero attached hydrogens (tertiary/aromatic N) is 2. The van der Waals surface area contributed by atoms with E-state index in [4.69, 9.17) is 0 Å². The number of hydrogen-bond acceptors (Lipinski definition) is 4. The highest BCUT2D eigenvalue weighted by molar-refractivity contribution is 8.02. The average molecular weight is 339 g/mol. The van der Waals surface area contributed by atoms with Gasteiger partial charge in [-0.2, -0.15) is 13.2 Å². The number of rotatable bonds is 4. The summed E-state index contributed by atoms with van der Waals surface area (Å²) in [6.07, 6.45) is -1.10. The molecule has 0 saturated heterocycles. The van der Waals surface area contributed by atoms with Gasteiger partial charge in [0.25, 0.3) is 0 Å². The Balaban J connectivity index is 0.00000127. The lowest BCUT2D eigenvalue weighted by Crippen LogP contribution is -2.04. The minimum atomic E-state index is -4.34. The Kier molecular flexibility index (Phi) is 7.50. The Morgan fingerprint density at radius 3 is 2.57 bits per heavy atom. The normalized spacial score (nSPS) is 11.4. The van der Waals surface area contributed by atoms with E-state index in [1.807, 2.05) is 0 Å². The zero-order valence-electron chi connectivity index (χ0n) is 12.4. The number of pyridine rings is 1. The maximum Gasteiger partial charge on any atom is 0.416 e. The van der Waals surface area contributed by atoms with Crippen LogP contribution in [0.5, 0.6) is 0 Å². The van der Waals surface area contributed by atoms with Crippen molar-refractivity contribution >= 4 is 24.2 Å². The SMILES string of the molecule is C=N/C(=C\Sc1cccc(C(F)(F)F)c1)c1cccnc1.CN. The highest BCUT2D eigenvalue weighted by Crippen LogP contribution is 2.33. The minimum absolute atomic E-state index is 0.481. The highest BCUT2D eigenvalue weighted by Gasteiger charge is 2.30. The standard InChI is InChI=1S/C15H11F3N2S.CH5N/c1-19-14(11-4-3-7-20-9-11)10-21-13-6-2-5-12(8-13)15(16,17)18;1-2/h2-10H,1H2;2H2,1H3/b14-10-;. The summed E-state index contributed by atoms with van der Waals surface area (Å²) < 4.78 is 37.9. The van der Waals surface area contributed by atoms with Crippen molar-refractivity contribution < 1.29 is 13.2 Å². The summed E-state index contributed by atoms with van der Waals surface area (Å²) in [6, 6.07) is 8.70. The van der Waals surface area contributed by atoms with Gasteiger partial charge in [0.05, 0.1) is 11.3 Å². The molecule has 3 nitrogen and oxygen atoms in total. The Bertz CT molecular complexity index is 655. The number of hydrogen-bond donors (Lipinski definition) is 1. The fourth-order valence-corrected chi connectivity index (χ4v) is 2.39. The van der Waals surface area contributed by atoms with E-state index < -0.39 is 11.7 Å². The molecular formula is C16H16F3N3S. The molecule has 0 atom stereocenters. The number of benzene rings is 1. The first-order valence-corrected chi connectivity index (χ1v) is 7.37. The van der Waals surface area contributed by atoms with Gasteiger partial charge in [0.2, 0.25) is 0 Å². The molecule has 23 heavy (non-hydrogen) atoms. The molecule has 2 N–H and O–H groups in total. The lowest BCUT2D eigenvalue weighted by Gasteiger charge is -2.07. The van der Waals surface area contributed by atoms with Gasteiger partial charge in [-0.25, -0.2) is 0 Å². The Hall–Kier alpha value is -2.12. The van der Waals surface area contributed by atoms with E-state index in [0.29, 0.717) is 10.6 Å². The van der Waals surface area contributed by atoms with Crippen molar-refractivity contribution in [1.82, 2.24) is 4.98 Å². The van der Waals surface area contributed by atoms with Gasteiger partial charge in [0.1, 0.15) is 0 Å². The van der Waals surface area contributed by atoms with Crippen molar-refractivity contribution in [2.24, 2.45) is 10.7 Å². The summed E-state index contributed by atoms with van der Waals surface area (Å²) in [6.45, 7) is 3.47. The molecule has 1 aromatic heterocycles. The molecule has 0 aliphatic rings.